The molecule has 0 aliphatic carbocycles. The predicted octanol–water partition coefficient (Wildman–Crippen LogP) is -1.23. The molecule has 1 heterocycles. The van der Waals surface area contributed by atoms with Gasteiger partial charge in [-0.25, -0.2) is 0 Å². The topological polar surface area (TPSA) is 64.5 Å². The van der Waals surface area contributed by atoms with Gasteiger partial charge in [-0.1, -0.05) is 0 Å². The van der Waals surface area contributed by atoms with Gasteiger partial charge in [0.05, 0.1) is 0 Å². The number of rotatable bonds is 0. The zero-order valence-electron chi connectivity index (χ0n) is 4.22. The van der Waals surface area contributed by atoms with Gasteiger partial charge in [-0.3, -0.25) is 4.72 Å². The molecule has 0 atom stereocenters. The van der Waals surface area contributed by atoms with E-state index in [4.69, 9.17) is 10.2 Å². The fourth-order valence-corrected chi connectivity index (χ4v) is 0.987. The monoisotopic (exact) mass is 136 g/mol. The van der Waals surface area contributed by atoms with E-state index in [0.29, 0.717) is 13.0 Å². The minimum Gasteiger partial charge on any atom is -0.353 e. The average molecular weight is 136 g/mol. The van der Waals surface area contributed by atoms with E-state index in [1.165, 1.54) is 0 Å². The Morgan fingerprint density at radius 2 is 2.25 bits per heavy atom. The lowest BCUT2D eigenvalue weighted by molar-refractivity contribution is -0.173. The smallest absolute Gasteiger partial charge is 0.233 e. The van der Waals surface area contributed by atoms with Gasteiger partial charge < -0.3 is 10.2 Å². The summed E-state index contributed by atoms with van der Waals surface area (Å²) in [6.07, 6.45) is 0.319. The van der Waals surface area contributed by atoms with Crippen molar-refractivity contribution in [2.24, 2.45) is 0 Å². The zero-order chi connectivity index (χ0) is 6.04. The lowest BCUT2D eigenvalue weighted by Gasteiger charge is -2.26. The maximum Gasteiger partial charge on any atom is 0.233 e. The van der Waals surface area contributed by atoms with Crippen LogP contribution in [-0.2, 0) is 0 Å². The Kier molecular flexibility index (Phi) is 1.74. The number of hydrogen-bond donors (Lipinski definition) is 4. The third kappa shape index (κ3) is 1.61. The van der Waals surface area contributed by atoms with Gasteiger partial charge in [0.25, 0.3) is 0 Å². The van der Waals surface area contributed by atoms with Gasteiger partial charge in [-0.15, -0.1) is 0 Å². The van der Waals surface area contributed by atoms with Crippen molar-refractivity contribution in [2.75, 3.05) is 6.54 Å². The fraction of sp³-hybridized carbons (Fsp3) is 1.00. The second-order valence-corrected chi connectivity index (χ2v) is 2.36. The largest absolute Gasteiger partial charge is 0.353 e. The summed E-state index contributed by atoms with van der Waals surface area (Å²) < 4.78 is 5.20. The molecule has 0 radical (unpaired) electrons. The molecule has 0 unspecified atom stereocenters. The van der Waals surface area contributed by atoms with Gasteiger partial charge >= 0.3 is 0 Å². The van der Waals surface area contributed by atoms with Crippen LogP contribution in [0.4, 0.5) is 0 Å². The predicted molar refractivity (Wildman–Crippen MR) is 30.5 cm³/mol. The third-order valence-corrected chi connectivity index (χ3v) is 1.64. The molecule has 0 amide bonds. The molecule has 4 nitrogen and oxygen atoms in total. The summed E-state index contributed by atoms with van der Waals surface area (Å²) in [6.45, 7) is 0.616. The molecule has 0 spiro atoms. The van der Waals surface area contributed by atoms with Gasteiger partial charge in [0.15, 0.2) is 0 Å². The molecule has 1 saturated heterocycles. The first-order chi connectivity index (χ1) is 3.71. The Morgan fingerprint density at radius 3 is 2.50 bits per heavy atom. The van der Waals surface area contributed by atoms with Crippen molar-refractivity contribution in [3.63, 3.8) is 0 Å². The molecule has 0 aromatic rings. The van der Waals surface area contributed by atoms with Crippen LogP contribution in [0.25, 0.3) is 0 Å². The highest BCUT2D eigenvalue weighted by Gasteiger charge is 2.24. The molecule has 0 aromatic heterocycles. The molecule has 0 bridgehead atoms. The van der Waals surface area contributed by atoms with Crippen molar-refractivity contribution in [2.45, 2.75) is 12.3 Å². The maximum absolute atomic E-state index is 8.76. The van der Waals surface area contributed by atoms with Crippen molar-refractivity contribution in [3.8, 4) is 0 Å². The van der Waals surface area contributed by atoms with Gasteiger partial charge in [0.1, 0.15) is 0 Å². The van der Waals surface area contributed by atoms with Crippen molar-refractivity contribution in [3.05, 3.63) is 0 Å². The number of nitrogens with one attached hydrogen (secondary N) is 2. The Balaban J connectivity index is 2.33. The maximum atomic E-state index is 8.76. The second kappa shape index (κ2) is 2.20. The van der Waals surface area contributed by atoms with Crippen LogP contribution in [0.5, 0.6) is 0 Å². The molecule has 1 fully saturated rings. The lowest BCUT2D eigenvalue weighted by Crippen LogP contribution is -2.48. The molecule has 0 saturated carbocycles. The molecule has 1 aliphatic heterocycles. The fourth-order valence-electron chi connectivity index (χ4n) is 0.445. The summed E-state index contributed by atoms with van der Waals surface area (Å²) in [5, 5.41) is 17.5. The van der Waals surface area contributed by atoms with E-state index in [-0.39, 0.29) is 0 Å². The zero-order valence-corrected chi connectivity index (χ0v) is 5.03. The number of hydrogen-bond acceptors (Lipinski definition) is 5. The van der Waals surface area contributed by atoms with E-state index in [1.54, 1.807) is 0 Å². The second-order valence-electron chi connectivity index (χ2n) is 1.67. The molecule has 4 N–H and O–H groups in total. The Bertz CT molecular complexity index is 79.4. The molecule has 8 heavy (non-hydrogen) atoms. The van der Waals surface area contributed by atoms with E-state index in [0.717, 1.165) is 12.1 Å². The summed E-state index contributed by atoms with van der Waals surface area (Å²) in [5.41, 5.74) is 0. The summed E-state index contributed by atoms with van der Waals surface area (Å²) in [7, 11) is 0. The van der Waals surface area contributed by atoms with Crippen molar-refractivity contribution < 1.29 is 10.2 Å². The Morgan fingerprint density at radius 1 is 1.50 bits per heavy atom. The molecule has 0 aromatic carbocycles. The highest BCUT2D eigenvalue weighted by Crippen LogP contribution is 2.09. The molecule has 1 aliphatic rings. The lowest BCUT2D eigenvalue weighted by atomic mass is 10.3. The SMILES string of the molecule is OC1(O)CCNSN1. The van der Waals surface area contributed by atoms with Crippen LogP contribution in [0.2, 0.25) is 0 Å². The molecular formula is C3H8N2O2S. The van der Waals surface area contributed by atoms with E-state index in [9.17, 15) is 0 Å². The minimum absolute atomic E-state index is 0.319. The minimum atomic E-state index is -1.67. The average Bonchev–Trinajstić information content (AvgIpc) is 1.65. The van der Waals surface area contributed by atoms with Gasteiger partial charge in [0.2, 0.25) is 5.91 Å². The standard InChI is InChI=1S/C3H8N2O2S/c6-3(7)1-2-4-8-5-3/h4-7H,1-2H2. The first-order valence-corrected chi connectivity index (χ1v) is 3.13. The molecule has 1 rings (SSSR count). The van der Waals surface area contributed by atoms with E-state index >= 15 is 0 Å². The first kappa shape index (κ1) is 6.31. The van der Waals surface area contributed by atoms with Crippen LogP contribution in [0.3, 0.4) is 0 Å². The molecular weight excluding hydrogens is 128 g/mol. The summed E-state index contributed by atoms with van der Waals surface area (Å²) in [4.78, 5) is 0. The van der Waals surface area contributed by atoms with Gasteiger partial charge in [-0.2, -0.15) is 4.72 Å². The highest BCUT2D eigenvalue weighted by molar-refractivity contribution is 7.95. The third-order valence-electron chi connectivity index (χ3n) is 0.862. The summed E-state index contributed by atoms with van der Waals surface area (Å²) >= 11 is 1.10. The van der Waals surface area contributed by atoms with E-state index < -0.39 is 5.91 Å². The van der Waals surface area contributed by atoms with Crippen LogP contribution in [0.15, 0.2) is 0 Å². The van der Waals surface area contributed by atoms with Crippen LogP contribution in [0.1, 0.15) is 6.42 Å². The van der Waals surface area contributed by atoms with Crippen molar-refractivity contribution in [1.29, 1.82) is 0 Å². The van der Waals surface area contributed by atoms with Crippen LogP contribution in [0, 0.1) is 0 Å². The molecule has 5 heteroatoms. The quantitative estimate of drug-likeness (QED) is 0.248. The van der Waals surface area contributed by atoms with Crippen molar-refractivity contribution in [1.82, 2.24) is 9.44 Å². The van der Waals surface area contributed by atoms with Crippen LogP contribution in [-0.4, -0.2) is 22.7 Å². The first-order valence-electron chi connectivity index (χ1n) is 2.31. The summed E-state index contributed by atoms with van der Waals surface area (Å²) in [5.74, 6) is -1.67. The van der Waals surface area contributed by atoms with Crippen LogP contribution >= 0.6 is 12.1 Å². The highest BCUT2D eigenvalue weighted by atomic mass is 32.2. The van der Waals surface area contributed by atoms with Gasteiger partial charge in [-0.05, 0) is 0 Å². The normalized spacial score (nSPS) is 27.8. The van der Waals surface area contributed by atoms with Crippen molar-refractivity contribution >= 4 is 12.1 Å². The van der Waals surface area contributed by atoms with Crippen LogP contribution < -0.4 is 9.44 Å². The Labute approximate surface area is 51.5 Å². The molecule has 48 valence electrons. The Hall–Kier alpha value is 0.190. The number of aliphatic hydroxyl groups is 2. The summed E-state index contributed by atoms with van der Waals surface area (Å²) in [6, 6.07) is 0. The van der Waals surface area contributed by atoms with Gasteiger partial charge in [0, 0.05) is 25.1 Å². The van der Waals surface area contributed by atoms with E-state index in [2.05, 4.69) is 9.44 Å². The van der Waals surface area contributed by atoms with E-state index in [1.807, 2.05) is 0 Å².